The molecule has 20 heavy (non-hydrogen) atoms. The Kier molecular flexibility index (Phi) is 3.74. The van der Waals surface area contributed by atoms with Gasteiger partial charge in [0.2, 0.25) is 0 Å². The molecule has 2 aliphatic rings. The second-order valence-electron chi connectivity index (χ2n) is 5.61. The molecule has 2 saturated heterocycles. The molecule has 4 heteroatoms. The van der Waals surface area contributed by atoms with E-state index in [2.05, 4.69) is 11.5 Å². The molecule has 2 aliphatic heterocycles. The lowest BCUT2D eigenvalue weighted by Crippen LogP contribution is -2.36. The van der Waals surface area contributed by atoms with E-state index in [0.717, 1.165) is 43.9 Å². The van der Waals surface area contributed by atoms with Crippen LogP contribution in [0.2, 0.25) is 0 Å². The second-order valence-corrected chi connectivity index (χ2v) is 5.61. The van der Waals surface area contributed by atoms with Crippen molar-refractivity contribution in [3.8, 4) is 0 Å². The topological polar surface area (TPSA) is 32.8 Å². The van der Waals surface area contributed by atoms with Crippen molar-refractivity contribution in [2.24, 2.45) is 5.92 Å². The first-order valence-electron chi connectivity index (χ1n) is 7.11. The van der Waals surface area contributed by atoms with Crippen LogP contribution in [-0.4, -0.2) is 42.1 Å². The molecule has 2 unspecified atom stereocenters. The van der Waals surface area contributed by atoms with Gasteiger partial charge in [-0.25, -0.2) is 4.79 Å². The van der Waals surface area contributed by atoms with Crippen molar-refractivity contribution >= 4 is 6.09 Å². The van der Waals surface area contributed by atoms with Crippen LogP contribution in [-0.2, 0) is 11.3 Å². The number of nitrogens with zero attached hydrogens (tertiary/aromatic N) is 2. The highest BCUT2D eigenvalue weighted by atomic mass is 16.6. The second kappa shape index (κ2) is 5.67. The number of amides is 1. The highest BCUT2D eigenvalue weighted by molar-refractivity contribution is 5.70. The fraction of sp³-hybridized carbons (Fsp3) is 0.438. The van der Waals surface area contributed by atoms with Gasteiger partial charge in [0.05, 0.1) is 0 Å². The Morgan fingerprint density at radius 3 is 2.90 bits per heavy atom. The smallest absolute Gasteiger partial charge is 0.414 e. The third kappa shape index (κ3) is 2.85. The van der Waals surface area contributed by atoms with Crippen LogP contribution in [0.5, 0.6) is 0 Å². The Balaban J connectivity index is 1.60. The van der Waals surface area contributed by atoms with Gasteiger partial charge in [0.1, 0.15) is 6.61 Å². The fourth-order valence-corrected chi connectivity index (χ4v) is 2.94. The molecule has 0 spiro atoms. The van der Waals surface area contributed by atoms with E-state index < -0.39 is 0 Å². The van der Waals surface area contributed by atoms with Gasteiger partial charge in [0.25, 0.3) is 0 Å². The Labute approximate surface area is 119 Å². The van der Waals surface area contributed by atoms with Gasteiger partial charge in [-0.2, -0.15) is 0 Å². The van der Waals surface area contributed by atoms with Crippen molar-refractivity contribution in [3.63, 3.8) is 0 Å². The van der Waals surface area contributed by atoms with Crippen LogP contribution in [0.25, 0.3) is 0 Å². The highest BCUT2D eigenvalue weighted by Gasteiger charge is 2.32. The maximum Gasteiger partial charge on any atom is 0.414 e. The van der Waals surface area contributed by atoms with E-state index in [-0.39, 0.29) is 6.09 Å². The number of fused-ring (bicyclic) bond motifs is 2. The van der Waals surface area contributed by atoms with Gasteiger partial charge < -0.3 is 4.74 Å². The zero-order valence-electron chi connectivity index (χ0n) is 11.6. The van der Waals surface area contributed by atoms with Gasteiger partial charge in [-0.05, 0) is 24.4 Å². The molecule has 1 amide bonds. The van der Waals surface area contributed by atoms with Crippen molar-refractivity contribution in [2.45, 2.75) is 13.0 Å². The summed E-state index contributed by atoms with van der Waals surface area (Å²) in [7, 11) is 0. The van der Waals surface area contributed by atoms with Crippen molar-refractivity contribution in [2.75, 3.05) is 26.2 Å². The molecule has 0 N–H and O–H groups in total. The molecular weight excluding hydrogens is 252 g/mol. The minimum Gasteiger partial charge on any atom is -0.444 e. The molecule has 1 aromatic carbocycles. The van der Waals surface area contributed by atoms with Crippen LogP contribution in [0.3, 0.4) is 0 Å². The molecule has 0 saturated carbocycles. The zero-order valence-corrected chi connectivity index (χ0v) is 11.6. The van der Waals surface area contributed by atoms with Gasteiger partial charge in [0, 0.05) is 25.3 Å². The first-order chi connectivity index (χ1) is 9.72. The van der Waals surface area contributed by atoms with Crippen molar-refractivity contribution in [1.82, 2.24) is 9.80 Å². The number of carbonyl (C=O) groups is 1. The number of rotatable bonds is 2. The van der Waals surface area contributed by atoms with Crippen LogP contribution < -0.4 is 0 Å². The van der Waals surface area contributed by atoms with E-state index in [9.17, 15) is 4.79 Å². The van der Waals surface area contributed by atoms with Gasteiger partial charge in [-0.1, -0.05) is 36.9 Å². The maximum atomic E-state index is 12.2. The average molecular weight is 272 g/mol. The van der Waals surface area contributed by atoms with Crippen molar-refractivity contribution < 1.29 is 9.53 Å². The number of carbonyl (C=O) groups excluding carboxylic acids is 1. The van der Waals surface area contributed by atoms with Crippen LogP contribution in [0, 0.1) is 5.92 Å². The van der Waals surface area contributed by atoms with E-state index in [1.165, 1.54) is 0 Å². The minimum absolute atomic E-state index is 0.271. The third-order valence-electron chi connectivity index (χ3n) is 4.02. The van der Waals surface area contributed by atoms with Crippen LogP contribution in [0.4, 0.5) is 4.79 Å². The SMILES string of the molecule is C=C1CN2CCC(C2)CN1C(=O)OCc1ccccc1. The maximum absolute atomic E-state index is 12.2. The molecule has 3 rings (SSSR count). The predicted molar refractivity (Wildman–Crippen MR) is 77.0 cm³/mol. The molecular formula is C16H20N2O2. The Bertz CT molecular complexity index is 500. The highest BCUT2D eigenvalue weighted by Crippen LogP contribution is 2.25. The van der Waals surface area contributed by atoms with E-state index in [0.29, 0.717) is 12.5 Å². The molecule has 0 aromatic heterocycles. The molecule has 2 atom stereocenters. The number of benzene rings is 1. The molecule has 4 nitrogen and oxygen atoms in total. The normalized spacial score (nSPS) is 25.4. The van der Waals surface area contributed by atoms with Crippen LogP contribution in [0.1, 0.15) is 12.0 Å². The average Bonchev–Trinajstić information content (AvgIpc) is 2.82. The molecule has 106 valence electrons. The monoisotopic (exact) mass is 272 g/mol. The summed E-state index contributed by atoms with van der Waals surface area (Å²) in [4.78, 5) is 16.3. The van der Waals surface area contributed by atoms with E-state index in [1.54, 1.807) is 4.90 Å². The van der Waals surface area contributed by atoms with Crippen molar-refractivity contribution in [1.29, 1.82) is 0 Å². The van der Waals surface area contributed by atoms with Crippen LogP contribution in [0.15, 0.2) is 42.6 Å². The summed E-state index contributed by atoms with van der Waals surface area (Å²) in [5.74, 6) is 0.554. The first-order valence-corrected chi connectivity index (χ1v) is 7.11. The van der Waals surface area contributed by atoms with Gasteiger partial charge in [-0.3, -0.25) is 9.80 Å². The molecule has 1 aromatic rings. The third-order valence-corrected chi connectivity index (χ3v) is 4.02. The van der Waals surface area contributed by atoms with Crippen LogP contribution >= 0.6 is 0 Å². The first kappa shape index (κ1) is 13.2. The molecule has 2 heterocycles. The van der Waals surface area contributed by atoms with Gasteiger partial charge in [0.15, 0.2) is 0 Å². The largest absolute Gasteiger partial charge is 0.444 e. The zero-order chi connectivity index (χ0) is 13.9. The lowest BCUT2D eigenvalue weighted by molar-refractivity contribution is 0.103. The van der Waals surface area contributed by atoms with E-state index >= 15 is 0 Å². The van der Waals surface area contributed by atoms with E-state index in [1.807, 2.05) is 30.3 Å². The summed E-state index contributed by atoms with van der Waals surface area (Å²) in [5.41, 5.74) is 1.86. The van der Waals surface area contributed by atoms with Gasteiger partial charge in [-0.15, -0.1) is 0 Å². The molecule has 2 fully saturated rings. The molecule has 0 radical (unpaired) electrons. The summed E-state index contributed by atoms with van der Waals surface area (Å²) in [5, 5.41) is 0. The molecule has 2 bridgehead atoms. The lowest BCUT2D eigenvalue weighted by Gasteiger charge is -2.26. The quantitative estimate of drug-likeness (QED) is 0.829. The summed E-state index contributed by atoms with van der Waals surface area (Å²) in [6.07, 6.45) is 0.892. The summed E-state index contributed by atoms with van der Waals surface area (Å²) < 4.78 is 5.41. The van der Waals surface area contributed by atoms with Gasteiger partial charge >= 0.3 is 6.09 Å². The summed E-state index contributed by atoms with van der Waals surface area (Å²) in [6, 6.07) is 9.75. The standard InChI is InChI=1S/C16H20N2O2/c1-13-9-17-8-7-15(10-17)11-18(13)16(19)20-12-14-5-3-2-4-6-14/h2-6,15H,1,7-12H2. The van der Waals surface area contributed by atoms with Crippen molar-refractivity contribution in [3.05, 3.63) is 48.2 Å². The Morgan fingerprint density at radius 2 is 2.10 bits per heavy atom. The van der Waals surface area contributed by atoms with E-state index in [4.69, 9.17) is 4.74 Å². The minimum atomic E-state index is -0.271. The lowest BCUT2D eigenvalue weighted by atomic mass is 10.1. The Morgan fingerprint density at radius 1 is 1.30 bits per heavy atom. The summed E-state index contributed by atoms with van der Waals surface area (Å²) in [6.45, 7) is 8.06. The predicted octanol–water partition coefficient (Wildman–Crippen LogP) is 2.47. The molecule has 0 aliphatic carbocycles. The summed E-state index contributed by atoms with van der Waals surface area (Å²) >= 11 is 0. The fourth-order valence-electron chi connectivity index (χ4n) is 2.94. The number of hydrogen-bond donors (Lipinski definition) is 0. The Hall–Kier alpha value is -1.81. The number of hydrogen-bond acceptors (Lipinski definition) is 3. The number of ether oxygens (including phenoxy) is 1.